The number of sulfonamides is 1. The van der Waals surface area contributed by atoms with Crippen LogP contribution in [0.2, 0.25) is 0 Å². The minimum absolute atomic E-state index is 0.303. The number of methoxy groups -OCH3 is 2. The summed E-state index contributed by atoms with van der Waals surface area (Å²) in [7, 11) is -0.358. The fourth-order valence-electron chi connectivity index (χ4n) is 4.41. The zero-order chi connectivity index (χ0) is 25.8. The first-order valence-corrected chi connectivity index (χ1v) is 13.4. The standard InChI is InChI=1S/C28H28N4O4S/c1-35-23-10-14-27(36-2)25(20-23)26-13-15-28(30-29-26)31-16-18-32(19-17-31)37(33,34)24-11-8-22(9-12-24)21-6-4-3-5-7-21/h3-15,20H,16-19H2,1-2H3. The maximum absolute atomic E-state index is 13.2. The van der Waals surface area contributed by atoms with Gasteiger partial charge in [-0.1, -0.05) is 42.5 Å². The molecule has 0 atom stereocenters. The van der Waals surface area contributed by atoms with E-state index in [0.717, 1.165) is 16.7 Å². The van der Waals surface area contributed by atoms with Crippen molar-refractivity contribution in [3.63, 3.8) is 0 Å². The second-order valence-electron chi connectivity index (χ2n) is 8.62. The normalized spacial score (nSPS) is 14.4. The molecule has 0 saturated carbocycles. The fraction of sp³-hybridized carbons (Fsp3) is 0.214. The van der Waals surface area contributed by atoms with E-state index >= 15 is 0 Å². The summed E-state index contributed by atoms with van der Waals surface area (Å²) in [6.07, 6.45) is 0. The highest BCUT2D eigenvalue weighted by Gasteiger charge is 2.29. The lowest BCUT2D eigenvalue weighted by Gasteiger charge is -2.34. The number of hydrogen-bond acceptors (Lipinski definition) is 7. The van der Waals surface area contributed by atoms with Crippen LogP contribution in [0, 0.1) is 0 Å². The first-order valence-electron chi connectivity index (χ1n) is 12.0. The molecule has 3 aromatic carbocycles. The molecule has 37 heavy (non-hydrogen) atoms. The maximum atomic E-state index is 13.2. The van der Waals surface area contributed by atoms with E-state index in [9.17, 15) is 8.42 Å². The molecule has 4 aromatic rings. The highest BCUT2D eigenvalue weighted by molar-refractivity contribution is 7.89. The summed E-state index contributed by atoms with van der Waals surface area (Å²) in [6.45, 7) is 1.79. The van der Waals surface area contributed by atoms with Crippen molar-refractivity contribution in [1.82, 2.24) is 14.5 Å². The van der Waals surface area contributed by atoms with E-state index in [1.807, 2.05) is 77.7 Å². The molecule has 1 aromatic heterocycles. The van der Waals surface area contributed by atoms with E-state index in [-0.39, 0.29) is 0 Å². The highest BCUT2D eigenvalue weighted by Crippen LogP contribution is 2.32. The summed E-state index contributed by atoms with van der Waals surface area (Å²) in [5.74, 6) is 2.09. The van der Waals surface area contributed by atoms with Gasteiger partial charge < -0.3 is 14.4 Å². The van der Waals surface area contributed by atoms with Crippen LogP contribution in [0.3, 0.4) is 0 Å². The first kappa shape index (κ1) is 24.7. The van der Waals surface area contributed by atoms with Gasteiger partial charge in [-0.2, -0.15) is 4.31 Å². The van der Waals surface area contributed by atoms with Crippen LogP contribution < -0.4 is 14.4 Å². The molecule has 9 heteroatoms. The van der Waals surface area contributed by atoms with Crippen molar-refractivity contribution in [2.75, 3.05) is 45.3 Å². The van der Waals surface area contributed by atoms with Gasteiger partial charge in [-0.05, 0) is 53.6 Å². The molecule has 8 nitrogen and oxygen atoms in total. The van der Waals surface area contributed by atoms with Crippen molar-refractivity contribution in [3.05, 3.63) is 84.9 Å². The Morgan fingerprint density at radius 1 is 0.730 bits per heavy atom. The molecule has 0 bridgehead atoms. The van der Waals surface area contributed by atoms with E-state index in [1.54, 1.807) is 26.4 Å². The van der Waals surface area contributed by atoms with Crippen molar-refractivity contribution in [2.24, 2.45) is 0 Å². The van der Waals surface area contributed by atoms with Gasteiger partial charge in [-0.25, -0.2) is 8.42 Å². The lowest BCUT2D eigenvalue weighted by Crippen LogP contribution is -2.48. The Morgan fingerprint density at radius 2 is 1.43 bits per heavy atom. The molecule has 0 radical (unpaired) electrons. The summed E-state index contributed by atoms with van der Waals surface area (Å²) in [5, 5.41) is 8.80. The predicted molar refractivity (Wildman–Crippen MR) is 143 cm³/mol. The second kappa shape index (κ2) is 10.6. The van der Waals surface area contributed by atoms with Crippen molar-refractivity contribution in [1.29, 1.82) is 0 Å². The van der Waals surface area contributed by atoms with Crippen LogP contribution >= 0.6 is 0 Å². The Kier molecular flexibility index (Phi) is 7.07. The number of hydrogen-bond donors (Lipinski definition) is 0. The average Bonchev–Trinajstić information content (AvgIpc) is 2.97. The van der Waals surface area contributed by atoms with E-state index in [1.165, 1.54) is 4.31 Å². The van der Waals surface area contributed by atoms with Crippen LogP contribution in [-0.4, -0.2) is 63.3 Å². The number of anilines is 1. The largest absolute Gasteiger partial charge is 0.497 e. The van der Waals surface area contributed by atoms with Gasteiger partial charge >= 0.3 is 0 Å². The maximum Gasteiger partial charge on any atom is 0.243 e. The smallest absolute Gasteiger partial charge is 0.243 e. The molecule has 1 aliphatic heterocycles. The van der Waals surface area contributed by atoms with E-state index in [0.29, 0.717) is 54.1 Å². The minimum Gasteiger partial charge on any atom is -0.497 e. The third-order valence-electron chi connectivity index (χ3n) is 6.49. The summed E-state index contributed by atoms with van der Waals surface area (Å²) < 4.78 is 38.8. The van der Waals surface area contributed by atoms with Crippen LogP contribution in [0.4, 0.5) is 5.82 Å². The summed E-state index contributed by atoms with van der Waals surface area (Å²) in [5.41, 5.74) is 3.49. The summed E-state index contributed by atoms with van der Waals surface area (Å²) >= 11 is 0. The third kappa shape index (κ3) is 5.14. The van der Waals surface area contributed by atoms with Gasteiger partial charge in [0.1, 0.15) is 11.5 Å². The van der Waals surface area contributed by atoms with Gasteiger partial charge in [-0.3, -0.25) is 0 Å². The first-order chi connectivity index (χ1) is 18.0. The molecule has 190 valence electrons. The molecule has 0 aliphatic carbocycles. The van der Waals surface area contributed by atoms with Crippen molar-refractivity contribution in [3.8, 4) is 33.9 Å². The fourth-order valence-corrected chi connectivity index (χ4v) is 5.83. The van der Waals surface area contributed by atoms with E-state index in [2.05, 4.69) is 10.2 Å². The van der Waals surface area contributed by atoms with Crippen LogP contribution in [0.15, 0.2) is 89.8 Å². The average molecular weight is 517 g/mol. The summed E-state index contributed by atoms with van der Waals surface area (Å²) in [4.78, 5) is 2.35. The Hall–Kier alpha value is -3.95. The van der Waals surface area contributed by atoms with E-state index in [4.69, 9.17) is 9.47 Å². The number of benzene rings is 3. The van der Waals surface area contributed by atoms with Crippen LogP contribution in [0.5, 0.6) is 11.5 Å². The molecule has 0 N–H and O–H groups in total. The Balaban J connectivity index is 1.26. The molecule has 1 fully saturated rings. The van der Waals surface area contributed by atoms with Gasteiger partial charge in [0.05, 0.1) is 24.8 Å². The summed E-state index contributed by atoms with van der Waals surface area (Å²) in [6, 6.07) is 26.3. The predicted octanol–water partition coefficient (Wildman–Crippen LogP) is 4.34. The number of rotatable bonds is 7. The minimum atomic E-state index is -3.58. The van der Waals surface area contributed by atoms with Crippen molar-refractivity contribution >= 4 is 15.8 Å². The highest BCUT2D eigenvalue weighted by atomic mass is 32.2. The Morgan fingerprint density at radius 3 is 2.05 bits per heavy atom. The zero-order valence-corrected chi connectivity index (χ0v) is 21.6. The molecule has 1 aliphatic rings. The number of ether oxygens (including phenoxy) is 2. The number of piperazine rings is 1. The molecular formula is C28H28N4O4S. The molecule has 2 heterocycles. The monoisotopic (exact) mass is 516 g/mol. The Bertz CT molecular complexity index is 1450. The van der Waals surface area contributed by atoms with Crippen molar-refractivity contribution in [2.45, 2.75) is 4.90 Å². The number of nitrogens with zero attached hydrogens (tertiary/aromatic N) is 4. The third-order valence-corrected chi connectivity index (χ3v) is 8.41. The second-order valence-corrected chi connectivity index (χ2v) is 10.6. The lowest BCUT2D eigenvalue weighted by atomic mass is 10.1. The molecule has 0 unspecified atom stereocenters. The van der Waals surface area contributed by atoms with E-state index < -0.39 is 10.0 Å². The molecule has 0 spiro atoms. The van der Waals surface area contributed by atoms with Crippen LogP contribution in [0.25, 0.3) is 22.4 Å². The molecular weight excluding hydrogens is 488 g/mol. The molecule has 1 saturated heterocycles. The zero-order valence-electron chi connectivity index (χ0n) is 20.7. The van der Waals surface area contributed by atoms with Crippen LogP contribution in [-0.2, 0) is 10.0 Å². The van der Waals surface area contributed by atoms with Gasteiger partial charge in [0.15, 0.2) is 5.82 Å². The Labute approximate surface area is 217 Å². The van der Waals surface area contributed by atoms with Crippen molar-refractivity contribution < 1.29 is 17.9 Å². The van der Waals surface area contributed by atoms with Crippen LogP contribution in [0.1, 0.15) is 0 Å². The van der Waals surface area contributed by atoms with Gasteiger partial charge in [0.25, 0.3) is 0 Å². The number of aromatic nitrogens is 2. The SMILES string of the molecule is COc1ccc(OC)c(-c2ccc(N3CCN(S(=O)(=O)c4ccc(-c5ccccc5)cc4)CC3)nn2)c1. The lowest BCUT2D eigenvalue weighted by molar-refractivity contribution is 0.383. The van der Waals surface area contributed by atoms with Gasteiger partial charge in [0.2, 0.25) is 10.0 Å². The topological polar surface area (TPSA) is 84.9 Å². The molecule has 5 rings (SSSR count). The van der Waals surface area contributed by atoms with Gasteiger partial charge in [-0.15, -0.1) is 10.2 Å². The quantitative estimate of drug-likeness (QED) is 0.361. The molecule has 0 amide bonds. The van der Waals surface area contributed by atoms with Gasteiger partial charge in [0, 0.05) is 31.7 Å².